The van der Waals surface area contributed by atoms with Gasteiger partial charge in [0, 0.05) is 13.6 Å². The molecule has 6 nitrogen and oxygen atoms in total. The Balaban J connectivity index is 1.58. The number of carbonyl (C=O) groups excluding carboxylic acids is 3. The standard InChI is InChI=1S/C26H23FN2O4/c1-3-33-23-13-10-18(16-29-25(31)20-6-4-5-7-21(20)26(29)32)14-22(23)24(30)28(2)15-17-8-11-19(27)12-9-17/h4-14H,3,15-16H2,1-2H3. The maximum atomic E-state index is 13.2. The van der Waals surface area contributed by atoms with Crippen LogP contribution in [0.2, 0.25) is 0 Å². The fourth-order valence-corrected chi connectivity index (χ4v) is 3.83. The van der Waals surface area contributed by atoms with E-state index in [1.54, 1.807) is 61.6 Å². The van der Waals surface area contributed by atoms with Gasteiger partial charge in [0.25, 0.3) is 17.7 Å². The molecule has 0 radical (unpaired) electrons. The summed E-state index contributed by atoms with van der Waals surface area (Å²) in [6, 6.07) is 17.7. The number of carbonyl (C=O) groups is 3. The summed E-state index contributed by atoms with van der Waals surface area (Å²) in [6.07, 6.45) is 0. The van der Waals surface area contributed by atoms with Crippen LogP contribution in [0.3, 0.4) is 0 Å². The minimum atomic E-state index is -0.356. The van der Waals surface area contributed by atoms with Gasteiger partial charge < -0.3 is 9.64 Å². The van der Waals surface area contributed by atoms with Crippen molar-refractivity contribution < 1.29 is 23.5 Å². The molecule has 0 atom stereocenters. The number of imide groups is 1. The molecular weight excluding hydrogens is 423 g/mol. The van der Waals surface area contributed by atoms with Gasteiger partial charge in [-0.05, 0) is 54.4 Å². The molecule has 0 aromatic heterocycles. The number of nitrogens with zero attached hydrogens (tertiary/aromatic N) is 2. The lowest BCUT2D eigenvalue weighted by molar-refractivity contribution is 0.0642. The molecule has 0 saturated carbocycles. The van der Waals surface area contributed by atoms with Gasteiger partial charge in [0.15, 0.2) is 0 Å². The Labute approximate surface area is 191 Å². The molecule has 3 amide bonds. The summed E-state index contributed by atoms with van der Waals surface area (Å²) in [5.74, 6) is -0.921. The summed E-state index contributed by atoms with van der Waals surface area (Å²) >= 11 is 0. The van der Waals surface area contributed by atoms with Crippen molar-refractivity contribution in [2.75, 3.05) is 13.7 Å². The monoisotopic (exact) mass is 446 g/mol. The van der Waals surface area contributed by atoms with Gasteiger partial charge in [-0.3, -0.25) is 19.3 Å². The van der Waals surface area contributed by atoms with Gasteiger partial charge in [-0.15, -0.1) is 0 Å². The summed E-state index contributed by atoms with van der Waals surface area (Å²) in [5.41, 5.74) is 2.50. The van der Waals surface area contributed by atoms with E-state index in [-0.39, 0.29) is 36.6 Å². The van der Waals surface area contributed by atoms with E-state index in [1.807, 2.05) is 6.92 Å². The molecule has 33 heavy (non-hydrogen) atoms. The summed E-state index contributed by atoms with van der Waals surface area (Å²) < 4.78 is 18.8. The maximum absolute atomic E-state index is 13.2. The Bertz CT molecular complexity index is 1190. The highest BCUT2D eigenvalue weighted by Crippen LogP contribution is 2.27. The van der Waals surface area contributed by atoms with E-state index >= 15 is 0 Å². The average Bonchev–Trinajstić information content (AvgIpc) is 3.06. The fraction of sp³-hybridized carbons (Fsp3) is 0.192. The zero-order valence-corrected chi connectivity index (χ0v) is 18.4. The van der Waals surface area contributed by atoms with Crippen LogP contribution in [-0.2, 0) is 13.1 Å². The van der Waals surface area contributed by atoms with Gasteiger partial charge in [0.05, 0.1) is 29.8 Å². The number of amides is 3. The quantitative estimate of drug-likeness (QED) is 0.508. The van der Waals surface area contributed by atoms with Gasteiger partial charge in [-0.2, -0.15) is 0 Å². The van der Waals surface area contributed by atoms with Crippen molar-refractivity contribution in [3.8, 4) is 5.75 Å². The third-order valence-corrected chi connectivity index (χ3v) is 5.47. The molecule has 0 N–H and O–H groups in total. The molecule has 0 spiro atoms. The zero-order chi connectivity index (χ0) is 23.5. The van der Waals surface area contributed by atoms with Crippen LogP contribution in [0.1, 0.15) is 49.1 Å². The van der Waals surface area contributed by atoms with Crippen molar-refractivity contribution in [2.24, 2.45) is 0 Å². The van der Waals surface area contributed by atoms with E-state index in [2.05, 4.69) is 0 Å². The van der Waals surface area contributed by atoms with Gasteiger partial charge in [0.1, 0.15) is 11.6 Å². The number of benzene rings is 3. The molecule has 1 aliphatic heterocycles. The Morgan fingerprint density at radius 3 is 2.15 bits per heavy atom. The second-order valence-electron chi connectivity index (χ2n) is 7.79. The lowest BCUT2D eigenvalue weighted by atomic mass is 10.1. The summed E-state index contributed by atoms with van der Waals surface area (Å²) in [6.45, 7) is 2.52. The SMILES string of the molecule is CCOc1ccc(CN2C(=O)c3ccccc3C2=O)cc1C(=O)N(C)Cc1ccc(F)cc1. The highest BCUT2D eigenvalue weighted by atomic mass is 19.1. The van der Waals surface area contributed by atoms with Crippen molar-refractivity contribution in [3.63, 3.8) is 0 Å². The second-order valence-corrected chi connectivity index (χ2v) is 7.79. The molecule has 0 unspecified atom stereocenters. The Kier molecular flexibility index (Phi) is 6.22. The Hall–Kier alpha value is -4.00. The first-order valence-electron chi connectivity index (χ1n) is 10.6. The molecule has 1 heterocycles. The maximum Gasteiger partial charge on any atom is 0.261 e. The van der Waals surface area contributed by atoms with Crippen LogP contribution in [0.15, 0.2) is 66.7 Å². The number of hydrogen-bond acceptors (Lipinski definition) is 4. The highest BCUT2D eigenvalue weighted by molar-refractivity contribution is 6.21. The number of rotatable bonds is 7. The second kappa shape index (κ2) is 9.24. The van der Waals surface area contributed by atoms with Crippen LogP contribution < -0.4 is 4.74 Å². The first kappa shape index (κ1) is 22.2. The Morgan fingerprint density at radius 1 is 0.939 bits per heavy atom. The molecule has 3 aromatic rings. The molecule has 7 heteroatoms. The summed E-state index contributed by atoms with van der Waals surface area (Å²) in [4.78, 5) is 41.3. The van der Waals surface area contributed by atoms with Crippen LogP contribution in [-0.4, -0.2) is 41.2 Å². The predicted octanol–water partition coefficient (Wildman–Crippen LogP) is 4.29. The van der Waals surface area contributed by atoms with Crippen LogP contribution >= 0.6 is 0 Å². The molecule has 1 aliphatic rings. The Morgan fingerprint density at radius 2 is 1.55 bits per heavy atom. The molecule has 3 aromatic carbocycles. The normalized spacial score (nSPS) is 12.6. The van der Waals surface area contributed by atoms with Crippen LogP contribution in [0.5, 0.6) is 5.75 Å². The summed E-state index contributed by atoms with van der Waals surface area (Å²) in [5, 5.41) is 0. The lowest BCUT2D eigenvalue weighted by Crippen LogP contribution is -2.30. The number of hydrogen-bond donors (Lipinski definition) is 0. The molecule has 168 valence electrons. The van der Waals surface area contributed by atoms with Crippen molar-refractivity contribution in [1.29, 1.82) is 0 Å². The zero-order valence-electron chi connectivity index (χ0n) is 18.4. The minimum Gasteiger partial charge on any atom is -0.493 e. The van der Waals surface area contributed by atoms with Crippen molar-refractivity contribution >= 4 is 17.7 Å². The van der Waals surface area contributed by atoms with Crippen molar-refractivity contribution in [2.45, 2.75) is 20.0 Å². The average molecular weight is 446 g/mol. The van der Waals surface area contributed by atoms with Gasteiger partial charge in [0.2, 0.25) is 0 Å². The lowest BCUT2D eigenvalue weighted by Gasteiger charge is -2.21. The summed E-state index contributed by atoms with van der Waals surface area (Å²) in [7, 11) is 1.65. The van der Waals surface area contributed by atoms with E-state index in [0.717, 1.165) is 5.56 Å². The van der Waals surface area contributed by atoms with E-state index in [9.17, 15) is 18.8 Å². The molecule has 0 bridgehead atoms. The first-order valence-corrected chi connectivity index (χ1v) is 10.6. The predicted molar refractivity (Wildman–Crippen MR) is 120 cm³/mol. The number of halogens is 1. The van der Waals surface area contributed by atoms with E-state index < -0.39 is 0 Å². The van der Waals surface area contributed by atoms with Crippen LogP contribution in [0.25, 0.3) is 0 Å². The van der Waals surface area contributed by atoms with Gasteiger partial charge in [-0.25, -0.2) is 4.39 Å². The van der Waals surface area contributed by atoms with E-state index in [4.69, 9.17) is 4.74 Å². The topological polar surface area (TPSA) is 66.9 Å². The smallest absolute Gasteiger partial charge is 0.261 e. The van der Waals surface area contributed by atoms with Crippen molar-refractivity contribution in [1.82, 2.24) is 9.80 Å². The number of ether oxygens (including phenoxy) is 1. The number of fused-ring (bicyclic) bond motifs is 1. The largest absolute Gasteiger partial charge is 0.493 e. The first-order chi connectivity index (χ1) is 15.9. The molecule has 4 rings (SSSR count). The molecule has 0 aliphatic carbocycles. The van der Waals surface area contributed by atoms with Crippen LogP contribution in [0.4, 0.5) is 4.39 Å². The third kappa shape index (κ3) is 4.48. The van der Waals surface area contributed by atoms with E-state index in [1.165, 1.54) is 21.9 Å². The third-order valence-electron chi connectivity index (χ3n) is 5.47. The highest BCUT2D eigenvalue weighted by Gasteiger charge is 2.35. The fourth-order valence-electron chi connectivity index (χ4n) is 3.83. The van der Waals surface area contributed by atoms with Crippen molar-refractivity contribution in [3.05, 3.63) is 100 Å². The molecule has 0 fully saturated rings. The molecular formula is C26H23FN2O4. The van der Waals surface area contributed by atoms with Crippen LogP contribution in [0, 0.1) is 5.82 Å². The van der Waals surface area contributed by atoms with Gasteiger partial charge >= 0.3 is 0 Å². The minimum absolute atomic E-state index is 0.0424. The molecule has 0 saturated heterocycles. The van der Waals surface area contributed by atoms with Gasteiger partial charge in [-0.1, -0.05) is 30.3 Å². The van der Waals surface area contributed by atoms with E-state index in [0.29, 0.717) is 34.6 Å².